The van der Waals surface area contributed by atoms with Gasteiger partial charge in [-0.15, -0.1) is 0 Å². The Kier molecular flexibility index (Phi) is 6.22. The first-order valence-electron chi connectivity index (χ1n) is 17.2. The van der Waals surface area contributed by atoms with E-state index >= 15 is 0 Å². The summed E-state index contributed by atoms with van der Waals surface area (Å²) in [6.45, 7) is 4.67. The van der Waals surface area contributed by atoms with Gasteiger partial charge in [-0.1, -0.05) is 141 Å². The Bertz CT molecular complexity index is 2790. The summed E-state index contributed by atoms with van der Waals surface area (Å²) in [5.74, 6) is 0.658. The van der Waals surface area contributed by atoms with Crippen LogP contribution in [0.15, 0.2) is 164 Å². The van der Waals surface area contributed by atoms with Crippen molar-refractivity contribution in [2.45, 2.75) is 19.3 Å². The Hall–Kier alpha value is -6.32. The monoisotopic (exact) mass is 639 g/mol. The van der Waals surface area contributed by atoms with Gasteiger partial charge in [-0.3, -0.25) is 4.57 Å². The molecule has 0 saturated carbocycles. The van der Waals surface area contributed by atoms with Gasteiger partial charge in [0.25, 0.3) is 0 Å². The molecule has 0 unspecified atom stereocenters. The molecule has 0 fully saturated rings. The molecule has 7 aromatic carbocycles. The third-order valence-electron chi connectivity index (χ3n) is 10.7. The lowest BCUT2D eigenvalue weighted by Crippen LogP contribution is -2.14. The molecule has 0 N–H and O–H groups in total. The SMILES string of the molecule is CC1(C)c2ccccc2-c2ccc(-c3cccc(-c4ccnc(-n5c6cc(-c7ccccc7)ccc6c6c7ccccc7ccc65)n4)c3)cc21. The van der Waals surface area contributed by atoms with Gasteiger partial charge in [0.05, 0.1) is 16.7 Å². The summed E-state index contributed by atoms with van der Waals surface area (Å²) in [6, 6.07) is 56.9. The summed E-state index contributed by atoms with van der Waals surface area (Å²) in [7, 11) is 0. The van der Waals surface area contributed by atoms with E-state index < -0.39 is 0 Å². The molecule has 0 aliphatic heterocycles. The molecule has 0 saturated heterocycles. The summed E-state index contributed by atoms with van der Waals surface area (Å²) in [5, 5.41) is 4.85. The largest absolute Gasteiger partial charge is 0.278 e. The van der Waals surface area contributed by atoms with Gasteiger partial charge < -0.3 is 0 Å². The molecule has 2 heterocycles. The Morgan fingerprint density at radius 2 is 1.20 bits per heavy atom. The Morgan fingerprint density at radius 3 is 2.12 bits per heavy atom. The molecule has 2 aromatic heterocycles. The van der Waals surface area contributed by atoms with Crippen LogP contribution in [0.1, 0.15) is 25.0 Å². The van der Waals surface area contributed by atoms with Crippen molar-refractivity contribution >= 4 is 32.6 Å². The zero-order chi connectivity index (χ0) is 33.4. The van der Waals surface area contributed by atoms with Crippen molar-refractivity contribution in [3.63, 3.8) is 0 Å². The van der Waals surface area contributed by atoms with E-state index in [0.29, 0.717) is 5.95 Å². The zero-order valence-electron chi connectivity index (χ0n) is 27.9. The zero-order valence-corrected chi connectivity index (χ0v) is 27.9. The van der Waals surface area contributed by atoms with E-state index in [1.807, 2.05) is 12.3 Å². The van der Waals surface area contributed by atoms with Crippen molar-refractivity contribution in [3.05, 3.63) is 175 Å². The number of aromatic nitrogens is 3. The number of nitrogens with zero attached hydrogens (tertiary/aromatic N) is 3. The lowest BCUT2D eigenvalue weighted by molar-refractivity contribution is 0.660. The smallest absolute Gasteiger partial charge is 0.235 e. The summed E-state index contributed by atoms with van der Waals surface area (Å²) < 4.78 is 2.23. The summed E-state index contributed by atoms with van der Waals surface area (Å²) in [6.07, 6.45) is 1.89. The van der Waals surface area contributed by atoms with E-state index in [0.717, 1.165) is 27.9 Å². The average Bonchev–Trinajstić information content (AvgIpc) is 3.63. The lowest BCUT2D eigenvalue weighted by Gasteiger charge is -2.22. The fourth-order valence-electron chi connectivity index (χ4n) is 8.17. The van der Waals surface area contributed by atoms with Gasteiger partial charge in [0.2, 0.25) is 5.95 Å². The van der Waals surface area contributed by atoms with Crippen LogP contribution in [0.25, 0.3) is 83.2 Å². The van der Waals surface area contributed by atoms with Crippen LogP contribution in [0.4, 0.5) is 0 Å². The van der Waals surface area contributed by atoms with Crippen LogP contribution >= 0.6 is 0 Å². The van der Waals surface area contributed by atoms with E-state index in [1.54, 1.807) is 0 Å². The molecule has 0 bridgehead atoms. The molecule has 1 aliphatic rings. The van der Waals surface area contributed by atoms with Gasteiger partial charge in [0.15, 0.2) is 0 Å². The highest BCUT2D eigenvalue weighted by Crippen LogP contribution is 2.49. The Labute approximate surface area is 291 Å². The second-order valence-electron chi connectivity index (χ2n) is 13.9. The first kappa shape index (κ1) is 28.7. The molecule has 0 radical (unpaired) electrons. The van der Waals surface area contributed by atoms with Crippen molar-refractivity contribution in [1.29, 1.82) is 0 Å². The molecule has 236 valence electrons. The van der Waals surface area contributed by atoms with Gasteiger partial charge in [-0.25, -0.2) is 9.97 Å². The van der Waals surface area contributed by atoms with Gasteiger partial charge in [-0.2, -0.15) is 0 Å². The van der Waals surface area contributed by atoms with Crippen LogP contribution in [0.2, 0.25) is 0 Å². The summed E-state index contributed by atoms with van der Waals surface area (Å²) in [4.78, 5) is 10.2. The predicted octanol–water partition coefficient (Wildman–Crippen LogP) is 12.0. The second kappa shape index (κ2) is 10.8. The highest BCUT2D eigenvalue weighted by molar-refractivity contribution is 6.21. The van der Waals surface area contributed by atoms with Crippen molar-refractivity contribution in [3.8, 4) is 50.6 Å². The van der Waals surface area contributed by atoms with Crippen LogP contribution in [-0.2, 0) is 5.41 Å². The van der Waals surface area contributed by atoms with Crippen molar-refractivity contribution in [2.24, 2.45) is 0 Å². The van der Waals surface area contributed by atoms with Crippen molar-refractivity contribution in [2.75, 3.05) is 0 Å². The molecule has 0 atom stereocenters. The standard InChI is InChI=1S/C47H33N3/c1-47(2)40-18-9-8-17-37(40)38-22-19-33(28-41(38)47)32-14-10-15-35(27-32)42-25-26-48-46(49-42)50-43-24-21-31-13-6-7-16-36(31)45(43)39-23-20-34(29-44(39)50)30-11-4-3-5-12-30/h3-29H,1-2H3. The molecule has 0 spiro atoms. The minimum atomic E-state index is -0.0465. The molecular formula is C47H33N3. The maximum Gasteiger partial charge on any atom is 0.235 e. The topological polar surface area (TPSA) is 30.7 Å². The van der Waals surface area contributed by atoms with Crippen LogP contribution in [-0.4, -0.2) is 14.5 Å². The highest BCUT2D eigenvalue weighted by Gasteiger charge is 2.35. The maximum atomic E-state index is 5.26. The predicted molar refractivity (Wildman–Crippen MR) is 208 cm³/mol. The average molecular weight is 640 g/mol. The molecule has 1 aliphatic carbocycles. The summed E-state index contributed by atoms with van der Waals surface area (Å²) in [5.41, 5.74) is 14.3. The van der Waals surface area contributed by atoms with Crippen LogP contribution in [0, 0.1) is 0 Å². The number of hydrogen-bond donors (Lipinski definition) is 0. The van der Waals surface area contributed by atoms with Crippen LogP contribution < -0.4 is 0 Å². The molecule has 0 amide bonds. The minimum Gasteiger partial charge on any atom is -0.278 e. The Morgan fingerprint density at radius 1 is 0.480 bits per heavy atom. The number of fused-ring (bicyclic) bond motifs is 8. The fourth-order valence-corrected chi connectivity index (χ4v) is 8.17. The van der Waals surface area contributed by atoms with Crippen molar-refractivity contribution < 1.29 is 0 Å². The Balaban J connectivity index is 1.12. The third-order valence-corrected chi connectivity index (χ3v) is 10.7. The van der Waals surface area contributed by atoms with E-state index in [4.69, 9.17) is 9.97 Å². The number of hydrogen-bond acceptors (Lipinski definition) is 2. The maximum absolute atomic E-state index is 5.26. The number of rotatable bonds is 4. The molecule has 50 heavy (non-hydrogen) atoms. The lowest BCUT2D eigenvalue weighted by atomic mass is 9.81. The second-order valence-corrected chi connectivity index (χ2v) is 13.9. The normalized spacial score (nSPS) is 13.2. The van der Waals surface area contributed by atoms with E-state index in [1.165, 1.54) is 60.5 Å². The molecule has 9 aromatic rings. The molecular weight excluding hydrogens is 607 g/mol. The highest BCUT2D eigenvalue weighted by atomic mass is 15.2. The van der Waals surface area contributed by atoms with Gasteiger partial charge in [-0.05, 0) is 85.6 Å². The summed E-state index contributed by atoms with van der Waals surface area (Å²) >= 11 is 0. The van der Waals surface area contributed by atoms with Crippen molar-refractivity contribution in [1.82, 2.24) is 14.5 Å². The minimum absolute atomic E-state index is 0.0465. The first-order chi connectivity index (χ1) is 24.5. The van der Waals surface area contributed by atoms with Crippen LogP contribution in [0.5, 0.6) is 0 Å². The molecule has 10 rings (SSSR count). The first-order valence-corrected chi connectivity index (χ1v) is 17.2. The van der Waals surface area contributed by atoms with E-state index in [-0.39, 0.29) is 5.41 Å². The van der Waals surface area contributed by atoms with E-state index in [9.17, 15) is 0 Å². The molecule has 3 heteroatoms. The number of benzene rings is 7. The van der Waals surface area contributed by atoms with Gasteiger partial charge in [0, 0.05) is 27.9 Å². The van der Waals surface area contributed by atoms with Gasteiger partial charge >= 0.3 is 0 Å². The van der Waals surface area contributed by atoms with Gasteiger partial charge in [0.1, 0.15) is 0 Å². The fraction of sp³-hybridized carbons (Fsp3) is 0.0638. The van der Waals surface area contributed by atoms with E-state index in [2.05, 4.69) is 170 Å². The quantitative estimate of drug-likeness (QED) is 0.192. The molecule has 3 nitrogen and oxygen atoms in total. The van der Waals surface area contributed by atoms with Crippen LogP contribution in [0.3, 0.4) is 0 Å². The third kappa shape index (κ3) is 4.30.